The second kappa shape index (κ2) is 7.13. The summed E-state index contributed by atoms with van der Waals surface area (Å²) in [5.41, 5.74) is 8.86. The summed E-state index contributed by atoms with van der Waals surface area (Å²) in [6, 6.07) is 9.93. The smallest absolute Gasteiger partial charge is 0.159 e. The Bertz CT molecular complexity index is 898. The quantitative estimate of drug-likeness (QED) is 0.749. The van der Waals surface area contributed by atoms with E-state index in [1.807, 2.05) is 30.3 Å². The maximum atomic E-state index is 6.41. The van der Waals surface area contributed by atoms with Crippen molar-refractivity contribution in [2.45, 2.75) is 6.92 Å². The average molecular weight is 349 g/mol. The van der Waals surface area contributed by atoms with Crippen molar-refractivity contribution >= 4 is 33.9 Å². The van der Waals surface area contributed by atoms with Gasteiger partial charge in [0.05, 0.1) is 5.52 Å². The molecule has 26 heavy (non-hydrogen) atoms. The normalized spacial score (nSPS) is 15.3. The molecule has 0 radical (unpaired) electrons. The number of hydrogen-bond donors (Lipinski definition) is 2. The van der Waals surface area contributed by atoms with Gasteiger partial charge in [0, 0.05) is 43.4 Å². The summed E-state index contributed by atoms with van der Waals surface area (Å²) < 4.78 is 0. The number of aromatic nitrogens is 3. The average Bonchev–Trinajstić information content (AvgIpc) is 2.70. The number of nitrogen functional groups attached to an aromatic ring is 1. The Kier molecular flexibility index (Phi) is 4.53. The van der Waals surface area contributed by atoms with Gasteiger partial charge in [-0.2, -0.15) is 0 Å². The number of benzene rings is 1. The Morgan fingerprint density at radius 3 is 2.69 bits per heavy atom. The number of fused-ring (bicyclic) bond motifs is 1. The summed E-state index contributed by atoms with van der Waals surface area (Å²) in [7, 11) is 0. The van der Waals surface area contributed by atoms with E-state index in [1.165, 1.54) is 0 Å². The molecule has 1 aliphatic rings. The molecule has 0 aliphatic carbocycles. The van der Waals surface area contributed by atoms with Crippen LogP contribution in [-0.2, 0) is 0 Å². The van der Waals surface area contributed by atoms with Crippen molar-refractivity contribution in [3.8, 4) is 0 Å². The number of pyridine rings is 1. The Labute approximate surface area is 152 Å². The van der Waals surface area contributed by atoms with E-state index in [0.717, 1.165) is 55.1 Å². The number of piperazine rings is 1. The Morgan fingerprint density at radius 1 is 1.04 bits per heavy atom. The van der Waals surface area contributed by atoms with E-state index in [9.17, 15) is 0 Å². The molecule has 7 heteroatoms. The number of nitrogens with zero attached hydrogens (tertiary/aromatic N) is 5. The van der Waals surface area contributed by atoms with Gasteiger partial charge in [-0.05, 0) is 30.8 Å². The van der Waals surface area contributed by atoms with Crippen LogP contribution in [0.5, 0.6) is 0 Å². The van der Waals surface area contributed by atoms with Crippen LogP contribution in [0.2, 0.25) is 0 Å². The van der Waals surface area contributed by atoms with Crippen molar-refractivity contribution < 1.29 is 0 Å². The first-order valence-electron chi connectivity index (χ1n) is 8.95. The molecule has 1 aliphatic heterocycles. The van der Waals surface area contributed by atoms with E-state index in [0.29, 0.717) is 11.5 Å². The van der Waals surface area contributed by atoms with Crippen molar-refractivity contribution in [2.75, 3.05) is 48.7 Å². The molecule has 0 unspecified atom stereocenters. The predicted octanol–water partition coefficient (Wildman–Crippen LogP) is 2.49. The zero-order valence-electron chi connectivity index (χ0n) is 14.9. The molecule has 7 nitrogen and oxygen atoms in total. The predicted molar refractivity (Wildman–Crippen MR) is 106 cm³/mol. The number of nitrogens with one attached hydrogen (secondary N) is 1. The highest BCUT2D eigenvalue weighted by atomic mass is 15.3. The molecular formula is C19H23N7. The minimum atomic E-state index is 0.582. The third-order valence-electron chi connectivity index (χ3n) is 4.88. The summed E-state index contributed by atoms with van der Waals surface area (Å²) in [6.45, 7) is 7.17. The van der Waals surface area contributed by atoms with E-state index < -0.39 is 0 Å². The largest absolute Gasteiger partial charge is 0.393 e. The Morgan fingerprint density at radius 2 is 1.88 bits per heavy atom. The number of hydrogen-bond acceptors (Lipinski definition) is 7. The molecule has 0 spiro atoms. The fourth-order valence-electron chi connectivity index (χ4n) is 3.35. The van der Waals surface area contributed by atoms with Gasteiger partial charge in [0.1, 0.15) is 12.0 Å². The topological polar surface area (TPSA) is 83.2 Å². The van der Waals surface area contributed by atoms with Crippen molar-refractivity contribution in [2.24, 2.45) is 0 Å². The first-order chi connectivity index (χ1) is 12.8. The van der Waals surface area contributed by atoms with Crippen LogP contribution in [0, 0.1) is 0 Å². The minimum absolute atomic E-state index is 0.582. The van der Waals surface area contributed by atoms with Crippen LogP contribution in [-0.4, -0.2) is 52.6 Å². The number of rotatable bonds is 4. The fourth-order valence-corrected chi connectivity index (χ4v) is 3.35. The first kappa shape index (κ1) is 16.5. The second-order valence-corrected chi connectivity index (χ2v) is 6.38. The van der Waals surface area contributed by atoms with Gasteiger partial charge in [0.15, 0.2) is 11.6 Å². The molecular weight excluding hydrogens is 326 g/mol. The SMILES string of the molecule is CCN1CCN(c2ncnc(Nc3cccc4ncccc34)c2N)CC1. The van der Waals surface area contributed by atoms with Crippen LogP contribution in [0.4, 0.5) is 23.0 Å². The monoisotopic (exact) mass is 349 g/mol. The molecule has 0 saturated carbocycles. The van der Waals surface area contributed by atoms with Crippen molar-refractivity contribution in [3.63, 3.8) is 0 Å². The summed E-state index contributed by atoms with van der Waals surface area (Å²) in [4.78, 5) is 17.9. The standard InChI is InChI=1S/C19H23N7/c1-2-25-9-11-26(12-10-25)19-17(20)18(22-13-23-19)24-16-7-3-6-15-14(16)5-4-8-21-15/h3-8,13H,2,9-12,20H2,1H3,(H,22,23,24). The van der Waals surface area contributed by atoms with Crippen LogP contribution in [0.25, 0.3) is 10.9 Å². The lowest BCUT2D eigenvalue weighted by atomic mass is 10.2. The van der Waals surface area contributed by atoms with Crippen LogP contribution < -0.4 is 16.0 Å². The van der Waals surface area contributed by atoms with Crippen LogP contribution in [0.1, 0.15) is 6.92 Å². The first-order valence-corrected chi connectivity index (χ1v) is 8.95. The molecule has 3 heterocycles. The second-order valence-electron chi connectivity index (χ2n) is 6.38. The van der Waals surface area contributed by atoms with E-state index in [-0.39, 0.29) is 0 Å². The lowest BCUT2D eigenvalue weighted by molar-refractivity contribution is 0.270. The van der Waals surface area contributed by atoms with Gasteiger partial charge in [0.2, 0.25) is 0 Å². The number of nitrogens with two attached hydrogens (primary N) is 1. The van der Waals surface area contributed by atoms with Crippen molar-refractivity contribution in [1.82, 2.24) is 19.9 Å². The highest BCUT2D eigenvalue weighted by molar-refractivity contribution is 5.94. The summed E-state index contributed by atoms with van der Waals surface area (Å²) in [6.07, 6.45) is 3.36. The molecule has 0 amide bonds. The Balaban J connectivity index is 1.62. The van der Waals surface area contributed by atoms with Gasteiger partial charge in [0.25, 0.3) is 0 Å². The van der Waals surface area contributed by atoms with Crippen LogP contribution in [0.3, 0.4) is 0 Å². The van der Waals surface area contributed by atoms with E-state index >= 15 is 0 Å². The zero-order chi connectivity index (χ0) is 17.9. The molecule has 2 aromatic heterocycles. The van der Waals surface area contributed by atoms with E-state index in [1.54, 1.807) is 12.5 Å². The van der Waals surface area contributed by atoms with Crippen molar-refractivity contribution in [3.05, 3.63) is 42.9 Å². The summed E-state index contributed by atoms with van der Waals surface area (Å²) in [5.74, 6) is 1.43. The molecule has 1 fully saturated rings. The highest BCUT2D eigenvalue weighted by Gasteiger charge is 2.20. The van der Waals surface area contributed by atoms with Gasteiger partial charge < -0.3 is 20.9 Å². The molecule has 1 aromatic carbocycles. The highest BCUT2D eigenvalue weighted by Crippen LogP contribution is 2.31. The van der Waals surface area contributed by atoms with E-state index in [2.05, 4.69) is 37.0 Å². The minimum Gasteiger partial charge on any atom is -0.393 e. The molecule has 0 atom stereocenters. The molecule has 4 rings (SSSR count). The van der Waals surface area contributed by atoms with Crippen LogP contribution >= 0.6 is 0 Å². The third-order valence-corrected chi connectivity index (χ3v) is 4.88. The number of anilines is 4. The zero-order valence-corrected chi connectivity index (χ0v) is 14.9. The lowest BCUT2D eigenvalue weighted by Gasteiger charge is -2.35. The molecule has 3 N–H and O–H groups in total. The lowest BCUT2D eigenvalue weighted by Crippen LogP contribution is -2.46. The fraction of sp³-hybridized carbons (Fsp3) is 0.316. The van der Waals surface area contributed by atoms with Gasteiger partial charge in [-0.3, -0.25) is 4.98 Å². The summed E-state index contributed by atoms with van der Waals surface area (Å²) >= 11 is 0. The molecule has 134 valence electrons. The Hall–Kier alpha value is -2.93. The summed E-state index contributed by atoms with van der Waals surface area (Å²) in [5, 5.41) is 4.39. The van der Waals surface area contributed by atoms with Gasteiger partial charge in [-0.1, -0.05) is 13.0 Å². The van der Waals surface area contributed by atoms with Crippen LogP contribution in [0.15, 0.2) is 42.9 Å². The molecule has 0 bridgehead atoms. The maximum absolute atomic E-state index is 6.41. The third kappa shape index (κ3) is 3.13. The maximum Gasteiger partial charge on any atom is 0.159 e. The molecule has 1 saturated heterocycles. The number of likely N-dealkylation sites (N-methyl/N-ethyl adjacent to an activating group) is 1. The van der Waals surface area contributed by atoms with Gasteiger partial charge in [-0.25, -0.2) is 9.97 Å². The molecule has 3 aromatic rings. The van der Waals surface area contributed by atoms with Gasteiger partial charge >= 0.3 is 0 Å². The van der Waals surface area contributed by atoms with Crippen molar-refractivity contribution in [1.29, 1.82) is 0 Å². The van der Waals surface area contributed by atoms with Gasteiger partial charge in [-0.15, -0.1) is 0 Å². The van der Waals surface area contributed by atoms with E-state index in [4.69, 9.17) is 5.73 Å².